The summed E-state index contributed by atoms with van der Waals surface area (Å²) in [6.07, 6.45) is -10.1. The maximum Gasteiger partial charge on any atom is 0.433 e. The maximum atomic E-state index is 12.9. The first kappa shape index (κ1) is 21.5. The normalized spacial score (nSPS) is 12.6. The van der Waals surface area contributed by atoms with Crippen LogP contribution in [0.15, 0.2) is 36.4 Å². The first-order chi connectivity index (χ1) is 12.7. The molecule has 0 saturated heterocycles. The van der Waals surface area contributed by atoms with Crippen LogP contribution in [0.25, 0.3) is 0 Å². The second-order valence-electron chi connectivity index (χ2n) is 6.91. The molecule has 1 N–H and O–H groups in total. The number of amides is 1. The topological polar surface area (TPSA) is 51.2 Å². The van der Waals surface area contributed by atoms with E-state index in [1.165, 1.54) is 24.3 Å². The van der Waals surface area contributed by atoms with E-state index in [1.807, 2.05) is 0 Å². The van der Waals surface area contributed by atoms with Crippen LogP contribution in [0.2, 0.25) is 0 Å². The van der Waals surface area contributed by atoms with Gasteiger partial charge >= 0.3 is 12.4 Å². The van der Waals surface area contributed by atoms with E-state index in [9.17, 15) is 31.1 Å². The summed E-state index contributed by atoms with van der Waals surface area (Å²) >= 11 is 0. The maximum absolute atomic E-state index is 12.9. The van der Waals surface area contributed by atoms with Crippen LogP contribution in [0.1, 0.15) is 32.0 Å². The third-order valence-corrected chi connectivity index (χ3v) is 3.44. The molecule has 0 spiro atoms. The van der Waals surface area contributed by atoms with Gasteiger partial charge in [0.1, 0.15) is 11.4 Å². The number of carbonyl (C=O) groups is 1. The molecule has 0 unspecified atom stereocenters. The molecule has 0 bridgehead atoms. The molecule has 4 nitrogen and oxygen atoms in total. The van der Waals surface area contributed by atoms with Crippen molar-refractivity contribution in [2.24, 2.45) is 5.41 Å². The van der Waals surface area contributed by atoms with Gasteiger partial charge in [0.2, 0.25) is 11.8 Å². The van der Waals surface area contributed by atoms with Crippen LogP contribution in [0.5, 0.6) is 11.6 Å². The van der Waals surface area contributed by atoms with Gasteiger partial charge in [0.25, 0.3) is 0 Å². The summed E-state index contributed by atoms with van der Waals surface area (Å²) in [6, 6.07) is 5.66. The highest BCUT2D eigenvalue weighted by atomic mass is 19.4. The zero-order valence-corrected chi connectivity index (χ0v) is 15.0. The number of rotatable bonds is 3. The number of anilines is 1. The minimum absolute atomic E-state index is 0.0475. The molecular formula is C18H16F6N2O2. The highest BCUT2D eigenvalue weighted by molar-refractivity contribution is 5.94. The SMILES string of the molecule is CC(C)(C)C(=O)Nc1ccc(Oc2cc(C(F)(F)F)cc(C(F)(F)F)n2)cc1. The Morgan fingerprint density at radius 1 is 0.929 bits per heavy atom. The van der Waals surface area contributed by atoms with Crippen LogP contribution in [0.4, 0.5) is 32.0 Å². The van der Waals surface area contributed by atoms with Gasteiger partial charge in [-0.25, -0.2) is 4.98 Å². The van der Waals surface area contributed by atoms with Crippen molar-refractivity contribution in [1.82, 2.24) is 4.98 Å². The number of pyridine rings is 1. The summed E-state index contributed by atoms with van der Waals surface area (Å²) in [5.74, 6) is -1.17. The Bertz CT molecular complexity index is 820. The molecule has 28 heavy (non-hydrogen) atoms. The number of hydrogen-bond donors (Lipinski definition) is 1. The number of nitrogens with zero attached hydrogens (tertiary/aromatic N) is 1. The zero-order valence-electron chi connectivity index (χ0n) is 15.0. The first-order valence-electron chi connectivity index (χ1n) is 7.92. The van der Waals surface area contributed by atoms with Gasteiger partial charge in [0.05, 0.1) is 5.56 Å². The molecule has 0 atom stereocenters. The Morgan fingerprint density at radius 3 is 1.96 bits per heavy atom. The summed E-state index contributed by atoms with van der Waals surface area (Å²) < 4.78 is 82.1. The lowest BCUT2D eigenvalue weighted by Gasteiger charge is -2.17. The summed E-state index contributed by atoms with van der Waals surface area (Å²) in [7, 11) is 0. The Kier molecular flexibility index (Phi) is 5.63. The molecule has 1 heterocycles. The summed E-state index contributed by atoms with van der Waals surface area (Å²) in [5.41, 5.74) is -3.50. The van der Waals surface area contributed by atoms with Gasteiger partial charge in [-0.1, -0.05) is 20.8 Å². The standard InChI is InChI=1S/C18H16F6N2O2/c1-16(2,3)15(27)25-11-4-6-12(7-5-11)28-14-9-10(17(19,20)21)8-13(26-14)18(22,23)24/h4-9H,1-3H3,(H,25,27). The van der Waals surface area contributed by atoms with E-state index in [4.69, 9.17) is 4.74 Å². The number of nitrogens with one attached hydrogen (secondary N) is 1. The number of aromatic nitrogens is 1. The van der Waals surface area contributed by atoms with E-state index in [0.717, 1.165) is 0 Å². The largest absolute Gasteiger partial charge is 0.439 e. The van der Waals surface area contributed by atoms with E-state index >= 15 is 0 Å². The lowest BCUT2D eigenvalue weighted by Crippen LogP contribution is -2.27. The van der Waals surface area contributed by atoms with Crippen LogP contribution in [-0.2, 0) is 17.1 Å². The fraction of sp³-hybridized carbons (Fsp3) is 0.333. The number of alkyl halides is 6. The van der Waals surface area contributed by atoms with Crippen molar-refractivity contribution in [3.8, 4) is 11.6 Å². The summed E-state index contributed by atoms with van der Waals surface area (Å²) in [5, 5.41) is 2.62. The van der Waals surface area contributed by atoms with Gasteiger partial charge < -0.3 is 10.1 Å². The van der Waals surface area contributed by atoms with Gasteiger partial charge in [-0.2, -0.15) is 26.3 Å². The predicted octanol–water partition coefficient (Wildman–Crippen LogP) is 5.90. The Labute approximate surface area is 156 Å². The van der Waals surface area contributed by atoms with E-state index in [-0.39, 0.29) is 17.7 Å². The molecule has 1 amide bonds. The minimum atomic E-state index is -5.07. The Morgan fingerprint density at radius 2 is 1.50 bits per heavy atom. The van der Waals surface area contributed by atoms with Crippen LogP contribution in [0.3, 0.4) is 0 Å². The molecule has 1 aromatic heterocycles. The molecule has 0 aliphatic heterocycles. The van der Waals surface area contributed by atoms with E-state index in [1.54, 1.807) is 20.8 Å². The van der Waals surface area contributed by atoms with Crippen molar-refractivity contribution in [3.63, 3.8) is 0 Å². The van der Waals surface area contributed by atoms with Gasteiger partial charge in [-0.05, 0) is 30.3 Å². The molecule has 1 aromatic carbocycles. The van der Waals surface area contributed by atoms with Gasteiger partial charge in [-0.15, -0.1) is 0 Å². The van der Waals surface area contributed by atoms with Crippen molar-refractivity contribution in [1.29, 1.82) is 0 Å². The van der Waals surface area contributed by atoms with Crippen molar-refractivity contribution >= 4 is 11.6 Å². The summed E-state index contributed by atoms with van der Waals surface area (Å²) in [4.78, 5) is 15.0. The molecule has 0 saturated carbocycles. The van der Waals surface area contributed by atoms with Crippen molar-refractivity contribution < 1.29 is 35.9 Å². The van der Waals surface area contributed by atoms with E-state index < -0.39 is 34.9 Å². The highest BCUT2D eigenvalue weighted by Gasteiger charge is 2.38. The lowest BCUT2D eigenvalue weighted by atomic mass is 9.95. The van der Waals surface area contributed by atoms with Gasteiger partial charge in [0, 0.05) is 17.2 Å². The van der Waals surface area contributed by atoms with Crippen molar-refractivity contribution in [2.45, 2.75) is 33.1 Å². The first-order valence-corrected chi connectivity index (χ1v) is 7.92. The van der Waals surface area contributed by atoms with Gasteiger partial charge in [0.15, 0.2) is 0 Å². The molecule has 0 aliphatic rings. The smallest absolute Gasteiger partial charge is 0.433 e. The fourth-order valence-corrected chi connectivity index (χ4v) is 1.91. The summed E-state index contributed by atoms with van der Waals surface area (Å²) in [6.45, 7) is 5.12. The van der Waals surface area contributed by atoms with E-state index in [2.05, 4.69) is 10.3 Å². The molecule has 2 rings (SSSR count). The van der Waals surface area contributed by atoms with Crippen LogP contribution in [-0.4, -0.2) is 10.9 Å². The van der Waals surface area contributed by atoms with Crippen molar-refractivity contribution in [2.75, 3.05) is 5.32 Å². The molecule has 0 fully saturated rings. The van der Waals surface area contributed by atoms with E-state index in [0.29, 0.717) is 11.8 Å². The average Bonchev–Trinajstić information content (AvgIpc) is 2.54. The second kappa shape index (κ2) is 7.33. The third-order valence-electron chi connectivity index (χ3n) is 3.44. The number of hydrogen-bond acceptors (Lipinski definition) is 3. The second-order valence-corrected chi connectivity index (χ2v) is 6.91. The molecule has 152 valence electrons. The van der Waals surface area contributed by atoms with Gasteiger partial charge in [-0.3, -0.25) is 4.79 Å². The fourth-order valence-electron chi connectivity index (χ4n) is 1.91. The van der Waals surface area contributed by atoms with Crippen LogP contribution >= 0.6 is 0 Å². The predicted molar refractivity (Wildman–Crippen MR) is 88.8 cm³/mol. The van der Waals surface area contributed by atoms with Crippen molar-refractivity contribution in [3.05, 3.63) is 47.7 Å². The molecular weight excluding hydrogens is 390 g/mol. The molecule has 2 aromatic rings. The average molecular weight is 406 g/mol. The quantitative estimate of drug-likeness (QED) is 0.646. The lowest BCUT2D eigenvalue weighted by molar-refractivity contribution is -0.145. The molecule has 0 aliphatic carbocycles. The number of carbonyl (C=O) groups excluding carboxylic acids is 1. The molecule has 10 heteroatoms. The highest BCUT2D eigenvalue weighted by Crippen LogP contribution is 2.37. The third kappa shape index (κ3) is 5.61. The Balaban J connectivity index is 2.26. The molecule has 0 radical (unpaired) electrons. The van der Waals surface area contributed by atoms with Crippen LogP contribution in [0, 0.1) is 5.41 Å². The number of halogens is 6. The number of benzene rings is 1. The monoisotopic (exact) mass is 406 g/mol. The number of ether oxygens (including phenoxy) is 1. The van der Waals surface area contributed by atoms with Crippen LogP contribution < -0.4 is 10.1 Å². The minimum Gasteiger partial charge on any atom is -0.439 e. The zero-order chi connectivity index (χ0) is 21.3. The Hall–Kier alpha value is -2.78.